The van der Waals surface area contributed by atoms with Gasteiger partial charge in [-0.3, -0.25) is 4.79 Å². The van der Waals surface area contributed by atoms with Crippen molar-refractivity contribution in [3.8, 4) is 0 Å². The van der Waals surface area contributed by atoms with Crippen molar-refractivity contribution in [3.05, 3.63) is 37.2 Å². The van der Waals surface area contributed by atoms with E-state index in [-0.39, 0.29) is 5.91 Å². The smallest absolute Gasteiger partial charge is 0.275 e. The minimum atomic E-state index is -0.269. The summed E-state index contributed by atoms with van der Waals surface area (Å²) in [7, 11) is 0. The van der Waals surface area contributed by atoms with E-state index >= 15 is 0 Å². The predicted octanol–water partition coefficient (Wildman–Crippen LogP) is 3.81. The molecule has 4 nitrogen and oxygen atoms in total. The van der Waals surface area contributed by atoms with E-state index in [0.29, 0.717) is 17.1 Å². The highest BCUT2D eigenvalue weighted by atomic mass is 79.9. The van der Waals surface area contributed by atoms with Crippen LogP contribution in [0.5, 0.6) is 0 Å². The first-order valence-corrected chi connectivity index (χ1v) is 7.42. The molecule has 0 radical (unpaired) electrons. The average Bonchev–Trinajstić information content (AvgIpc) is 2.70. The number of amides is 1. The van der Waals surface area contributed by atoms with Gasteiger partial charge in [0.25, 0.3) is 5.91 Å². The highest BCUT2D eigenvalue weighted by Crippen LogP contribution is 2.32. The zero-order valence-electron chi connectivity index (χ0n) is 9.33. The van der Waals surface area contributed by atoms with Gasteiger partial charge in [0.15, 0.2) is 0 Å². The molecule has 0 bridgehead atoms. The zero-order chi connectivity index (χ0) is 13.3. The molecule has 18 heavy (non-hydrogen) atoms. The zero-order valence-corrected chi connectivity index (χ0v) is 13.3. The number of nitrogens with one attached hydrogen (secondary N) is 1. The molecular weight excluding hydrogens is 382 g/mol. The Balaban J connectivity index is 2.27. The van der Waals surface area contributed by atoms with Crippen molar-refractivity contribution < 1.29 is 4.79 Å². The van der Waals surface area contributed by atoms with E-state index in [1.165, 1.54) is 11.3 Å². The third kappa shape index (κ3) is 2.90. The molecule has 0 unspecified atom stereocenters. The summed E-state index contributed by atoms with van der Waals surface area (Å²) in [4.78, 5) is 16.1. The molecule has 0 saturated carbocycles. The van der Waals surface area contributed by atoms with Gasteiger partial charge in [-0.15, -0.1) is 11.3 Å². The van der Waals surface area contributed by atoms with Gasteiger partial charge in [-0.05, 0) is 35.0 Å². The number of thiazole rings is 1. The van der Waals surface area contributed by atoms with E-state index in [9.17, 15) is 4.79 Å². The first-order valence-electron chi connectivity index (χ1n) is 4.95. The molecule has 0 spiro atoms. The lowest BCUT2D eigenvalue weighted by Gasteiger charge is -2.10. The van der Waals surface area contributed by atoms with Crippen molar-refractivity contribution in [2.24, 2.45) is 0 Å². The molecular formula is C11H9Br2N3OS. The van der Waals surface area contributed by atoms with Crippen LogP contribution in [0.3, 0.4) is 0 Å². The summed E-state index contributed by atoms with van der Waals surface area (Å²) in [5, 5.41) is 5.31. The number of halogens is 2. The molecule has 1 heterocycles. The summed E-state index contributed by atoms with van der Waals surface area (Å²) in [6.45, 7) is 1.85. The third-order valence-electron chi connectivity index (χ3n) is 2.18. The van der Waals surface area contributed by atoms with Crippen LogP contribution in [0.2, 0.25) is 0 Å². The molecule has 0 aliphatic carbocycles. The number of anilines is 2. The summed E-state index contributed by atoms with van der Waals surface area (Å²) in [6, 6.07) is 3.55. The highest BCUT2D eigenvalue weighted by Gasteiger charge is 2.13. The van der Waals surface area contributed by atoms with E-state index in [1.54, 1.807) is 11.4 Å². The number of benzene rings is 1. The Bertz CT molecular complexity index is 589. The lowest BCUT2D eigenvalue weighted by atomic mass is 10.2. The van der Waals surface area contributed by atoms with Gasteiger partial charge in [0, 0.05) is 14.3 Å². The minimum absolute atomic E-state index is 0.269. The molecule has 0 aliphatic rings. The van der Waals surface area contributed by atoms with Crippen LogP contribution in [0.25, 0.3) is 0 Å². The van der Waals surface area contributed by atoms with Gasteiger partial charge in [-0.2, -0.15) is 0 Å². The molecule has 94 valence electrons. The minimum Gasteiger partial charge on any atom is -0.397 e. The van der Waals surface area contributed by atoms with Crippen LogP contribution in [0.15, 0.2) is 26.5 Å². The Morgan fingerprint density at radius 2 is 2.17 bits per heavy atom. The monoisotopic (exact) mass is 389 g/mol. The normalized spacial score (nSPS) is 10.4. The van der Waals surface area contributed by atoms with Crippen molar-refractivity contribution in [2.45, 2.75) is 6.92 Å². The van der Waals surface area contributed by atoms with Gasteiger partial charge in [-0.1, -0.05) is 15.9 Å². The van der Waals surface area contributed by atoms with Gasteiger partial charge in [-0.25, -0.2) is 4.98 Å². The van der Waals surface area contributed by atoms with Crippen LogP contribution >= 0.6 is 43.2 Å². The molecule has 1 aromatic heterocycles. The van der Waals surface area contributed by atoms with E-state index in [2.05, 4.69) is 42.2 Å². The number of rotatable bonds is 2. The van der Waals surface area contributed by atoms with Crippen LogP contribution in [-0.4, -0.2) is 10.9 Å². The van der Waals surface area contributed by atoms with E-state index in [4.69, 9.17) is 5.73 Å². The maximum absolute atomic E-state index is 12.0. The Labute approximate surface area is 125 Å². The van der Waals surface area contributed by atoms with E-state index < -0.39 is 0 Å². The van der Waals surface area contributed by atoms with Crippen molar-refractivity contribution in [1.82, 2.24) is 4.98 Å². The Kier molecular flexibility index (Phi) is 4.04. The Hall–Kier alpha value is -0.920. The summed E-state index contributed by atoms with van der Waals surface area (Å²) in [5.41, 5.74) is 7.29. The van der Waals surface area contributed by atoms with Crippen LogP contribution in [0.4, 0.5) is 11.4 Å². The maximum atomic E-state index is 12.0. The van der Waals surface area contributed by atoms with Crippen LogP contribution in [0.1, 0.15) is 15.5 Å². The third-order valence-corrected chi connectivity index (χ3v) is 4.03. The molecule has 0 saturated heterocycles. The molecule has 0 atom stereocenters. The van der Waals surface area contributed by atoms with Crippen molar-refractivity contribution in [2.75, 3.05) is 11.1 Å². The average molecular weight is 391 g/mol. The fourth-order valence-corrected chi connectivity index (χ4v) is 3.32. The number of aryl methyl sites for hydroxylation is 1. The number of aromatic nitrogens is 1. The van der Waals surface area contributed by atoms with Gasteiger partial charge in [0.1, 0.15) is 5.69 Å². The number of nitrogens with zero attached hydrogens (tertiary/aromatic N) is 1. The fourth-order valence-electron chi connectivity index (χ4n) is 1.37. The number of hydrogen-bond acceptors (Lipinski definition) is 4. The molecule has 0 aliphatic heterocycles. The highest BCUT2D eigenvalue weighted by molar-refractivity contribution is 9.11. The Morgan fingerprint density at radius 3 is 2.72 bits per heavy atom. The summed E-state index contributed by atoms with van der Waals surface area (Å²) in [6.07, 6.45) is 0. The van der Waals surface area contributed by atoms with Crippen LogP contribution in [0, 0.1) is 6.92 Å². The van der Waals surface area contributed by atoms with E-state index in [1.807, 2.05) is 13.0 Å². The van der Waals surface area contributed by atoms with E-state index in [0.717, 1.165) is 14.0 Å². The molecule has 2 aromatic rings. The SMILES string of the molecule is Cc1nc(C(=O)Nc2c(N)cc(Br)cc2Br)cs1. The molecule has 1 aromatic carbocycles. The lowest BCUT2D eigenvalue weighted by molar-refractivity contribution is 0.102. The van der Waals surface area contributed by atoms with Crippen molar-refractivity contribution in [3.63, 3.8) is 0 Å². The molecule has 0 fully saturated rings. The standard InChI is InChI=1S/C11H9Br2N3OS/c1-5-15-9(4-18-5)11(17)16-10-7(13)2-6(12)3-8(10)14/h2-4H,14H2,1H3,(H,16,17). The molecule has 2 rings (SSSR count). The van der Waals surface area contributed by atoms with Gasteiger partial charge in [0.2, 0.25) is 0 Å². The van der Waals surface area contributed by atoms with Crippen LogP contribution in [-0.2, 0) is 0 Å². The summed E-state index contributed by atoms with van der Waals surface area (Å²) < 4.78 is 1.56. The maximum Gasteiger partial charge on any atom is 0.275 e. The Morgan fingerprint density at radius 1 is 1.44 bits per heavy atom. The number of nitrogens with two attached hydrogens (primary N) is 1. The second-order valence-corrected chi connectivity index (χ2v) is 6.39. The van der Waals surface area contributed by atoms with Gasteiger partial charge >= 0.3 is 0 Å². The molecule has 1 amide bonds. The van der Waals surface area contributed by atoms with Crippen molar-refractivity contribution >= 4 is 60.5 Å². The second kappa shape index (κ2) is 5.38. The lowest BCUT2D eigenvalue weighted by Crippen LogP contribution is -2.14. The van der Waals surface area contributed by atoms with Gasteiger partial charge in [0.05, 0.1) is 16.4 Å². The molecule has 3 N–H and O–H groups in total. The number of carbonyl (C=O) groups is 1. The van der Waals surface area contributed by atoms with Crippen LogP contribution < -0.4 is 11.1 Å². The number of hydrogen-bond donors (Lipinski definition) is 2. The summed E-state index contributed by atoms with van der Waals surface area (Å²) in [5.74, 6) is -0.269. The summed E-state index contributed by atoms with van der Waals surface area (Å²) >= 11 is 8.12. The first kappa shape index (κ1) is 13.5. The number of carbonyl (C=O) groups excluding carboxylic acids is 1. The quantitative estimate of drug-likeness (QED) is 0.766. The topological polar surface area (TPSA) is 68.0 Å². The second-order valence-electron chi connectivity index (χ2n) is 3.56. The molecule has 7 heteroatoms. The number of nitrogen functional groups attached to an aromatic ring is 1. The first-order chi connectivity index (χ1) is 8.47. The predicted molar refractivity (Wildman–Crippen MR) is 81.1 cm³/mol. The van der Waals surface area contributed by atoms with Gasteiger partial charge < -0.3 is 11.1 Å². The largest absolute Gasteiger partial charge is 0.397 e. The van der Waals surface area contributed by atoms with Crippen molar-refractivity contribution in [1.29, 1.82) is 0 Å². The fraction of sp³-hybridized carbons (Fsp3) is 0.0909.